The smallest absolute Gasteiger partial charge is 0.271 e. The zero-order chi connectivity index (χ0) is 15.0. The van der Waals surface area contributed by atoms with Crippen LogP contribution in [-0.2, 0) is 6.54 Å². The molecule has 1 saturated heterocycles. The fourth-order valence-corrected chi connectivity index (χ4v) is 4.39. The molecule has 2 aromatic heterocycles. The second-order valence-electron chi connectivity index (χ2n) is 6.55. The van der Waals surface area contributed by atoms with E-state index < -0.39 is 0 Å². The minimum absolute atomic E-state index is 0.108. The Kier molecular flexibility index (Phi) is 4.13. The zero-order valence-corrected chi connectivity index (χ0v) is 13.8. The van der Waals surface area contributed by atoms with Crippen LogP contribution in [0.3, 0.4) is 0 Å². The maximum atomic E-state index is 12.5. The van der Waals surface area contributed by atoms with Crippen LogP contribution in [0.25, 0.3) is 10.2 Å². The van der Waals surface area contributed by atoms with Gasteiger partial charge in [0.15, 0.2) is 0 Å². The third-order valence-corrected chi connectivity index (χ3v) is 5.40. The van der Waals surface area contributed by atoms with E-state index in [9.17, 15) is 4.79 Å². The maximum absolute atomic E-state index is 12.5. The van der Waals surface area contributed by atoms with Gasteiger partial charge in [0.2, 0.25) is 0 Å². The summed E-state index contributed by atoms with van der Waals surface area (Å²) in [7, 11) is 0. The van der Waals surface area contributed by atoms with Gasteiger partial charge in [-0.3, -0.25) is 9.36 Å². The number of hydrogen-bond acceptors (Lipinski definition) is 4. The molecule has 0 N–H and O–H groups in total. The average Bonchev–Trinajstić information content (AvgIpc) is 2.79. The molecule has 0 radical (unpaired) electrons. The van der Waals surface area contributed by atoms with E-state index in [0.717, 1.165) is 53.8 Å². The number of likely N-dealkylation sites (tertiary alicyclic amines) is 1. The molecule has 2 aromatic rings. The van der Waals surface area contributed by atoms with Crippen molar-refractivity contribution in [2.75, 3.05) is 19.6 Å². The van der Waals surface area contributed by atoms with Gasteiger partial charge in [0.1, 0.15) is 4.70 Å². The molecule has 2 unspecified atom stereocenters. The minimum Gasteiger partial charge on any atom is -0.301 e. The molecule has 0 spiro atoms. The molecule has 5 heteroatoms. The molecule has 21 heavy (non-hydrogen) atoms. The largest absolute Gasteiger partial charge is 0.301 e. The summed E-state index contributed by atoms with van der Waals surface area (Å²) < 4.78 is 2.55. The lowest BCUT2D eigenvalue weighted by molar-refractivity contribution is 0.136. The van der Waals surface area contributed by atoms with Crippen molar-refractivity contribution in [3.05, 3.63) is 27.6 Å². The fraction of sp³-hybridized carbons (Fsp3) is 0.625. The van der Waals surface area contributed by atoms with Crippen LogP contribution in [0.4, 0.5) is 0 Å². The molecule has 114 valence electrons. The second kappa shape index (κ2) is 5.89. The van der Waals surface area contributed by atoms with E-state index in [-0.39, 0.29) is 5.56 Å². The summed E-state index contributed by atoms with van der Waals surface area (Å²) in [6.07, 6.45) is 3.03. The predicted molar refractivity (Wildman–Crippen MR) is 88.0 cm³/mol. The van der Waals surface area contributed by atoms with Crippen molar-refractivity contribution in [2.45, 2.75) is 33.7 Å². The number of fused-ring (bicyclic) bond motifs is 1. The highest BCUT2D eigenvalue weighted by Gasteiger charge is 2.21. The van der Waals surface area contributed by atoms with Crippen LogP contribution in [-0.4, -0.2) is 34.1 Å². The normalized spacial score (nSPS) is 23.8. The van der Waals surface area contributed by atoms with Gasteiger partial charge in [-0.2, -0.15) is 0 Å². The molecule has 3 heterocycles. The molecule has 0 bridgehead atoms. The van der Waals surface area contributed by atoms with Gasteiger partial charge in [0.25, 0.3) is 5.56 Å². The second-order valence-corrected chi connectivity index (χ2v) is 7.42. The number of nitrogens with zero attached hydrogens (tertiary/aromatic N) is 3. The van der Waals surface area contributed by atoms with Gasteiger partial charge in [0, 0.05) is 26.2 Å². The summed E-state index contributed by atoms with van der Waals surface area (Å²) in [4.78, 5) is 19.4. The molecule has 0 saturated carbocycles. The van der Waals surface area contributed by atoms with Gasteiger partial charge in [-0.15, -0.1) is 11.3 Å². The molecule has 4 nitrogen and oxygen atoms in total. The van der Waals surface area contributed by atoms with Crippen LogP contribution in [0.5, 0.6) is 0 Å². The Labute approximate surface area is 129 Å². The van der Waals surface area contributed by atoms with Crippen LogP contribution < -0.4 is 5.56 Å². The Bertz CT molecular complexity index is 680. The van der Waals surface area contributed by atoms with E-state index in [1.54, 1.807) is 10.9 Å². The van der Waals surface area contributed by atoms with E-state index in [2.05, 4.69) is 23.7 Å². The first-order valence-corrected chi connectivity index (χ1v) is 8.58. The fourth-order valence-electron chi connectivity index (χ4n) is 3.44. The highest BCUT2D eigenvalue weighted by atomic mass is 32.1. The summed E-state index contributed by atoms with van der Waals surface area (Å²) in [5.41, 5.74) is 2.07. The van der Waals surface area contributed by atoms with E-state index >= 15 is 0 Å². The Hall–Kier alpha value is -1.20. The van der Waals surface area contributed by atoms with Gasteiger partial charge in [-0.25, -0.2) is 4.98 Å². The molecule has 1 aliphatic rings. The number of piperidine rings is 1. The number of thiophene rings is 1. The molecule has 1 fully saturated rings. The summed E-state index contributed by atoms with van der Waals surface area (Å²) in [6, 6.07) is 0. The van der Waals surface area contributed by atoms with Gasteiger partial charge < -0.3 is 4.90 Å². The number of aromatic nitrogens is 2. The quantitative estimate of drug-likeness (QED) is 0.875. The van der Waals surface area contributed by atoms with Crippen molar-refractivity contribution in [1.82, 2.24) is 14.5 Å². The monoisotopic (exact) mass is 305 g/mol. The summed E-state index contributed by atoms with van der Waals surface area (Å²) in [5.74, 6) is 1.51. The van der Waals surface area contributed by atoms with Crippen LogP contribution in [0.1, 0.15) is 25.8 Å². The molecular formula is C16H23N3OS. The summed E-state index contributed by atoms with van der Waals surface area (Å²) in [5, 5.41) is 2.01. The van der Waals surface area contributed by atoms with E-state index in [1.165, 1.54) is 17.8 Å². The van der Waals surface area contributed by atoms with E-state index in [1.807, 2.05) is 12.3 Å². The molecule has 2 atom stereocenters. The highest BCUT2D eigenvalue weighted by Crippen LogP contribution is 2.21. The van der Waals surface area contributed by atoms with Gasteiger partial charge in [-0.05, 0) is 36.1 Å². The number of aryl methyl sites for hydroxylation is 1. The Morgan fingerprint density at radius 1 is 1.29 bits per heavy atom. The lowest BCUT2D eigenvalue weighted by Gasteiger charge is -2.34. The van der Waals surface area contributed by atoms with Crippen molar-refractivity contribution in [2.24, 2.45) is 11.8 Å². The van der Waals surface area contributed by atoms with Crippen molar-refractivity contribution < 1.29 is 0 Å². The standard InChI is InChI=1S/C16H23N3OS/c1-11-6-12(2)8-18(7-11)4-5-19-10-17-14-13(3)9-21-15(14)16(19)20/h9-12H,4-8H2,1-3H3. The predicted octanol–water partition coefficient (Wildman–Crippen LogP) is 2.74. The number of rotatable bonds is 3. The lowest BCUT2D eigenvalue weighted by atomic mass is 9.92. The minimum atomic E-state index is 0.108. The highest BCUT2D eigenvalue weighted by molar-refractivity contribution is 7.17. The van der Waals surface area contributed by atoms with Gasteiger partial charge >= 0.3 is 0 Å². The van der Waals surface area contributed by atoms with E-state index in [0.29, 0.717) is 0 Å². The van der Waals surface area contributed by atoms with Crippen molar-refractivity contribution >= 4 is 21.6 Å². The Balaban J connectivity index is 1.73. The van der Waals surface area contributed by atoms with Crippen molar-refractivity contribution in [3.8, 4) is 0 Å². The average molecular weight is 305 g/mol. The molecule has 3 rings (SSSR count). The molecule has 0 aromatic carbocycles. The topological polar surface area (TPSA) is 38.1 Å². The third kappa shape index (κ3) is 3.04. The van der Waals surface area contributed by atoms with E-state index in [4.69, 9.17) is 0 Å². The zero-order valence-electron chi connectivity index (χ0n) is 13.0. The maximum Gasteiger partial charge on any atom is 0.271 e. The lowest BCUT2D eigenvalue weighted by Crippen LogP contribution is -2.41. The van der Waals surface area contributed by atoms with Gasteiger partial charge in [-0.1, -0.05) is 13.8 Å². The van der Waals surface area contributed by atoms with Crippen LogP contribution in [0, 0.1) is 18.8 Å². The molecular weight excluding hydrogens is 282 g/mol. The van der Waals surface area contributed by atoms with Crippen LogP contribution in [0.15, 0.2) is 16.5 Å². The van der Waals surface area contributed by atoms with Crippen molar-refractivity contribution in [3.63, 3.8) is 0 Å². The Morgan fingerprint density at radius 2 is 2.00 bits per heavy atom. The first kappa shape index (κ1) is 14.7. The summed E-state index contributed by atoms with van der Waals surface area (Å²) >= 11 is 1.51. The van der Waals surface area contributed by atoms with Crippen LogP contribution >= 0.6 is 11.3 Å². The van der Waals surface area contributed by atoms with Crippen LogP contribution in [0.2, 0.25) is 0 Å². The first-order chi connectivity index (χ1) is 10.0. The number of hydrogen-bond donors (Lipinski definition) is 0. The molecule has 0 aliphatic carbocycles. The molecule has 1 aliphatic heterocycles. The first-order valence-electron chi connectivity index (χ1n) is 7.70. The van der Waals surface area contributed by atoms with Crippen molar-refractivity contribution in [1.29, 1.82) is 0 Å². The summed E-state index contributed by atoms with van der Waals surface area (Å²) in [6.45, 7) is 10.6. The third-order valence-electron chi connectivity index (χ3n) is 4.33. The van der Waals surface area contributed by atoms with Gasteiger partial charge in [0.05, 0.1) is 11.8 Å². The molecule has 0 amide bonds. The SMILES string of the molecule is Cc1csc2c(=O)n(CCN3CC(C)CC(C)C3)cnc12. The Morgan fingerprint density at radius 3 is 2.71 bits per heavy atom.